The van der Waals surface area contributed by atoms with Gasteiger partial charge in [0.2, 0.25) is 0 Å². The van der Waals surface area contributed by atoms with Gasteiger partial charge in [0.05, 0.1) is 17.9 Å². The molecule has 0 aromatic carbocycles. The highest BCUT2D eigenvalue weighted by molar-refractivity contribution is 5.12. The minimum absolute atomic E-state index is 0.121. The highest BCUT2D eigenvalue weighted by Gasteiger charge is 2.26. The van der Waals surface area contributed by atoms with Crippen molar-refractivity contribution in [1.82, 2.24) is 9.97 Å². The summed E-state index contributed by atoms with van der Waals surface area (Å²) in [7, 11) is 0. The second-order valence-electron chi connectivity index (χ2n) is 4.96. The molecule has 0 aliphatic carbocycles. The lowest BCUT2D eigenvalue weighted by molar-refractivity contribution is -0.0739. The Bertz CT molecular complexity index is 401. The minimum atomic E-state index is 0.121. The topological polar surface area (TPSA) is 70.3 Å². The van der Waals surface area contributed by atoms with Gasteiger partial charge in [-0.3, -0.25) is 0 Å². The van der Waals surface area contributed by atoms with Crippen LogP contribution in [0.3, 0.4) is 0 Å². The Hall–Kier alpha value is -1.20. The fourth-order valence-electron chi connectivity index (χ4n) is 2.35. The monoisotopic (exact) mass is 251 g/mol. The van der Waals surface area contributed by atoms with Crippen LogP contribution in [0, 0.1) is 6.92 Å². The number of rotatable bonds is 3. The zero-order chi connectivity index (χ0) is 13.1. The van der Waals surface area contributed by atoms with Crippen molar-refractivity contribution in [3.63, 3.8) is 0 Å². The smallest absolute Gasteiger partial charge is 0.317 e. The van der Waals surface area contributed by atoms with Gasteiger partial charge < -0.3 is 15.2 Å². The molecule has 0 bridgehead atoms. The van der Waals surface area contributed by atoms with Gasteiger partial charge in [-0.15, -0.1) is 0 Å². The van der Waals surface area contributed by atoms with Gasteiger partial charge >= 0.3 is 6.01 Å². The van der Waals surface area contributed by atoms with Crippen LogP contribution in [0.1, 0.15) is 38.1 Å². The zero-order valence-electron chi connectivity index (χ0n) is 11.2. The van der Waals surface area contributed by atoms with Crippen molar-refractivity contribution < 1.29 is 9.47 Å². The lowest BCUT2D eigenvalue weighted by Gasteiger charge is -2.31. The Morgan fingerprint density at radius 2 is 2.00 bits per heavy atom. The molecule has 1 aromatic rings. The lowest BCUT2D eigenvalue weighted by atomic mass is 10.0. The van der Waals surface area contributed by atoms with Gasteiger partial charge in [0, 0.05) is 25.1 Å². The van der Waals surface area contributed by atoms with E-state index in [0.717, 1.165) is 24.2 Å². The molecule has 18 heavy (non-hydrogen) atoms. The number of nitrogens with two attached hydrogens (primary N) is 1. The summed E-state index contributed by atoms with van der Waals surface area (Å²) in [5.41, 5.74) is 7.29. The van der Waals surface area contributed by atoms with Crippen molar-refractivity contribution in [3.8, 4) is 6.01 Å². The number of ether oxygens (including phenoxy) is 2. The van der Waals surface area contributed by atoms with Crippen LogP contribution in [0.15, 0.2) is 6.07 Å². The normalized spacial score (nSPS) is 28.1. The second-order valence-corrected chi connectivity index (χ2v) is 4.96. The van der Waals surface area contributed by atoms with E-state index in [2.05, 4.69) is 23.8 Å². The average molecular weight is 251 g/mol. The molecule has 1 aromatic heterocycles. The predicted molar refractivity (Wildman–Crippen MR) is 68.3 cm³/mol. The third-order valence-electron chi connectivity index (χ3n) is 3.02. The minimum Gasteiger partial charge on any atom is -0.460 e. The van der Waals surface area contributed by atoms with E-state index in [9.17, 15) is 0 Å². The molecule has 2 N–H and O–H groups in total. The largest absolute Gasteiger partial charge is 0.460 e. The first kappa shape index (κ1) is 13.2. The summed E-state index contributed by atoms with van der Waals surface area (Å²) in [5.74, 6) is 0. The summed E-state index contributed by atoms with van der Waals surface area (Å²) in [4.78, 5) is 8.59. The molecule has 2 unspecified atom stereocenters. The quantitative estimate of drug-likeness (QED) is 0.883. The van der Waals surface area contributed by atoms with E-state index < -0.39 is 0 Å². The summed E-state index contributed by atoms with van der Waals surface area (Å²) in [5, 5.41) is 0. The molecule has 5 nitrogen and oxygen atoms in total. The Morgan fingerprint density at radius 1 is 1.33 bits per heavy atom. The molecule has 0 saturated carbocycles. The van der Waals surface area contributed by atoms with Crippen LogP contribution in [0.25, 0.3) is 0 Å². The summed E-state index contributed by atoms with van der Waals surface area (Å²) in [6, 6.07) is 2.31. The average Bonchev–Trinajstić information content (AvgIpc) is 2.26. The molecule has 5 heteroatoms. The number of nitrogens with zero attached hydrogens (tertiary/aromatic N) is 2. The Kier molecular flexibility index (Phi) is 4.14. The number of hydrogen-bond acceptors (Lipinski definition) is 5. The van der Waals surface area contributed by atoms with Crippen molar-refractivity contribution in [2.24, 2.45) is 5.73 Å². The first-order chi connectivity index (χ1) is 8.56. The third kappa shape index (κ3) is 3.40. The molecule has 1 fully saturated rings. The highest BCUT2D eigenvalue weighted by Crippen LogP contribution is 2.22. The number of hydrogen-bond donors (Lipinski definition) is 1. The van der Waals surface area contributed by atoms with Crippen LogP contribution >= 0.6 is 0 Å². The molecule has 100 valence electrons. The second kappa shape index (κ2) is 5.63. The van der Waals surface area contributed by atoms with E-state index in [1.807, 2.05) is 13.0 Å². The predicted octanol–water partition coefficient (Wildman–Crippen LogP) is 1.58. The molecule has 0 spiro atoms. The van der Waals surface area contributed by atoms with E-state index in [-0.39, 0.29) is 18.3 Å². The van der Waals surface area contributed by atoms with Crippen molar-refractivity contribution in [2.75, 3.05) is 0 Å². The SMILES string of the molecule is Cc1cc(CN)nc(OC2CC(C)OC(C)C2)n1. The Balaban J connectivity index is 2.06. The van der Waals surface area contributed by atoms with Crippen LogP contribution in [0.2, 0.25) is 0 Å². The summed E-state index contributed by atoms with van der Waals surface area (Å²) < 4.78 is 11.5. The molecule has 1 saturated heterocycles. The Labute approximate surface area is 108 Å². The maximum atomic E-state index is 5.86. The fourth-order valence-corrected chi connectivity index (χ4v) is 2.35. The van der Waals surface area contributed by atoms with Gasteiger partial charge in [-0.05, 0) is 26.8 Å². The maximum absolute atomic E-state index is 5.86. The molecule has 2 heterocycles. The van der Waals surface area contributed by atoms with Crippen molar-refractivity contribution in [1.29, 1.82) is 0 Å². The van der Waals surface area contributed by atoms with Gasteiger partial charge in [0.25, 0.3) is 0 Å². The first-order valence-corrected chi connectivity index (χ1v) is 6.43. The molecule has 2 rings (SSSR count). The van der Waals surface area contributed by atoms with Gasteiger partial charge in [-0.2, -0.15) is 4.98 Å². The highest BCUT2D eigenvalue weighted by atomic mass is 16.5. The van der Waals surface area contributed by atoms with E-state index in [4.69, 9.17) is 15.2 Å². The molecule has 0 radical (unpaired) electrons. The van der Waals surface area contributed by atoms with Crippen molar-refractivity contribution >= 4 is 0 Å². The molecule has 1 aliphatic rings. The first-order valence-electron chi connectivity index (χ1n) is 6.43. The van der Waals surface area contributed by atoms with Crippen LogP contribution in [0.4, 0.5) is 0 Å². The lowest BCUT2D eigenvalue weighted by Crippen LogP contribution is -2.36. The molecular formula is C13H21N3O2. The van der Waals surface area contributed by atoms with E-state index in [1.54, 1.807) is 0 Å². The van der Waals surface area contributed by atoms with Crippen molar-refractivity contribution in [2.45, 2.75) is 58.5 Å². The maximum Gasteiger partial charge on any atom is 0.317 e. The Morgan fingerprint density at radius 3 is 2.61 bits per heavy atom. The van der Waals surface area contributed by atoms with E-state index >= 15 is 0 Å². The fraction of sp³-hybridized carbons (Fsp3) is 0.692. The summed E-state index contributed by atoms with van der Waals surface area (Å²) >= 11 is 0. The van der Waals surface area contributed by atoms with Crippen LogP contribution in [-0.4, -0.2) is 28.3 Å². The summed E-state index contributed by atoms with van der Waals surface area (Å²) in [6.45, 7) is 6.45. The zero-order valence-corrected chi connectivity index (χ0v) is 11.2. The molecular weight excluding hydrogens is 230 g/mol. The molecule has 2 atom stereocenters. The number of aromatic nitrogens is 2. The van der Waals surface area contributed by atoms with Gasteiger partial charge in [-0.25, -0.2) is 4.98 Å². The van der Waals surface area contributed by atoms with Gasteiger partial charge in [0.1, 0.15) is 6.10 Å². The van der Waals surface area contributed by atoms with Gasteiger partial charge in [0.15, 0.2) is 0 Å². The van der Waals surface area contributed by atoms with Crippen LogP contribution in [0.5, 0.6) is 6.01 Å². The van der Waals surface area contributed by atoms with Gasteiger partial charge in [-0.1, -0.05) is 0 Å². The summed E-state index contributed by atoms with van der Waals surface area (Å²) in [6.07, 6.45) is 2.31. The molecule has 1 aliphatic heterocycles. The third-order valence-corrected chi connectivity index (χ3v) is 3.02. The number of aryl methyl sites for hydroxylation is 1. The van der Waals surface area contributed by atoms with Crippen molar-refractivity contribution in [3.05, 3.63) is 17.5 Å². The van der Waals surface area contributed by atoms with E-state index in [0.29, 0.717) is 12.6 Å². The van der Waals surface area contributed by atoms with E-state index in [1.165, 1.54) is 0 Å². The standard InChI is InChI=1S/C13H21N3O2/c1-8-4-11(7-14)16-13(15-8)18-12-5-9(2)17-10(3)6-12/h4,9-10,12H,5-7,14H2,1-3H3. The molecule has 0 amide bonds. The van der Waals surface area contributed by atoms with Crippen LogP contribution < -0.4 is 10.5 Å². The van der Waals surface area contributed by atoms with Crippen LogP contribution in [-0.2, 0) is 11.3 Å².